The molecule has 1 aliphatic rings. The van der Waals surface area contributed by atoms with E-state index < -0.39 is 0 Å². The highest BCUT2D eigenvalue weighted by Crippen LogP contribution is 2.11. The molecule has 0 bridgehead atoms. The van der Waals surface area contributed by atoms with Crippen molar-refractivity contribution in [1.29, 1.82) is 0 Å². The molecule has 0 spiro atoms. The van der Waals surface area contributed by atoms with Crippen LogP contribution < -0.4 is 5.32 Å². The van der Waals surface area contributed by atoms with Crippen LogP contribution in [-0.2, 0) is 0 Å². The number of rotatable bonds is 1. The molecule has 0 aromatic heterocycles. The second-order valence-electron chi connectivity index (χ2n) is 2.16. The Balaban J connectivity index is 2.13. The molecule has 0 aliphatic carbocycles. The van der Waals surface area contributed by atoms with Gasteiger partial charge in [-0.25, -0.2) is 0 Å². The smallest absolute Gasteiger partial charge is 0.0494 e. The Morgan fingerprint density at radius 3 is 2.38 bits per heavy atom. The number of aliphatic hydroxyl groups excluding tert-OH is 1. The molecule has 0 aromatic carbocycles. The fraction of sp³-hybridized carbons (Fsp3) is 0.833. The zero-order valence-electron chi connectivity index (χ0n) is 4.98. The average molecular weight is 114 g/mol. The second-order valence-corrected chi connectivity index (χ2v) is 2.16. The summed E-state index contributed by atoms with van der Waals surface area (Å²) in [6, 6.07) is 0. The molecule has 0 atom stereocenters. The molecule has 1 saturated heterocycles. The fourth-order valence-electron chi connectivity index (χ4n) is 0.938. The molecule has 8 heavy (non-hydrogen) atoms. The van der Waals surface area contributed by atoms with Crippen LogP contribution in [0.1, 0.15) is 12.8 Å². The number of aliphatic hydroxyl groups is 1. The molecule has 2 nitrogen and oxygen atoms in total. The number of piperidine rings is 1. The lowest BCUT2D eigenvalue weighted by atomic mass is 10.00. The summed E-state index contributed by atoms with van der Waals surface area (Å²) in [6.07, 6.45) is 2.13. The van der Waals surface area contributed by atoms with Gasteiger partial charge in [-0.05, 0) is 25.9 Å². The van der Waals surface area contributed by atoms with E-state index in [-0.39, 0.29) is 0 Å². The van der Waals surface area contributed by atoms with Crippen molar-refractivity contribution in [2.75, 3.05) is 19.7 Å². The third-order valence-corrected chi connectivity index (χ3v) is 1.53. The lowest BCUT2D eigenvalue weighted by molar-refractivity contribution is 0.285. The first-order chi connectivity index (χ1) is 3.93. The first-order valence-corrected chi connectivity index (χ1v) is 3.08. The van der Waals surface area contributed by atoms with Crippen LogP contribution in [-0.4, -0.2) is 24.8 Å². The molecule has 1 rings (SSSR count). The van der Waals surface area contributed by atoms with Gasteiger partial charge in [0.25, 0.3) is 0 Å². The maximum absolute atomic E-state index is 8.63. The predicted molar refractivity (Wildman–Crippen MR) is 32.4 cm³/mol. The Bertz CT molecular complexity index is 59.5. The standard InChI is InChI=1S/C6H12NO/c8-5-6-1-3-7-4-2-6/h7-8H,1-5H2. The van der Waals surface area contributed by atoms with Crippen molar-refractivity contribution < 1.29 is 5.11 Å². The van der Waals surface area contributed by atoms with Gasteiger partial charge >= 0.3 is 0 Å². The van der Waals surface area contributed by atoms with Crippen molar-refractivity contribution in [1.82, 2.24) is 5.32 Å². The Hall–Kier alpha value is -0.0800. The summed E-state index contributed by atoms with van der Waals surface area (Å²) in [5.41, 5.74) is 0. The van der Waals surface area contributed by atoms with E-state index >= 15 is 0 Å². The van der Waals surface area contributed by atoms with Crippen molar-refractivity contribution in [3.05, 3.63) is 5.92 Å². The monoisotopic (exact) mass is 114 g/mol. The number of nitrogens with one attached hydrogen (secondary N) is 1. The van der Waals surface area contributed by atoms with Gasteiger partial charge < -0.3 is 10.4 Å². The molecule has 0 amide bonds. The van der Waals surface area contributed by atoms with Crippen LogP contribution in [0.25, 0.3) is 0 Å². The van der Waals surface area contributed by atoms with Crippen LogP contribution in [0, 0.1) is 5.92 Å². The van der Waals surface area contributed by atoms with Gasteiger partial charge in [0, 0.05) is 12.5 Å². The van der Waals surface area contributed by atoms with Crippen molar-refractivity contribution in [2.45, 2.75) is 12.8 Å². The minimum absolute atomic E-state index is 0.293. The van der Waals surface area contributed by atoms with Gasteiger partial charge in [0.1, 0.15) is 0 Å². The van der Waals surface area contributed by atoms with Crippen molar-refractivity contribution in [2.24, 2.45) is 0 Å². The quantitative estimate of drug-likeness (QED) is 0.500. The maximum Gasteiger partial charge on any atom is 0.0494 e. The van der Waals surface area contributed by atoms with E-state index in [2.05, 4.69) is 5.32 Å². The SMILES string of the molecule is OC[C]1CCNCC1. The summed E-state index contributed by atoms with van der Waals surface area (Å²) in [5.74, 6) is 1.30. The van der Waals surface area contributed by atoms with Gasteiger partial charge in [0.2, 0.25) is 0 Å². The second kappa shape index (κ2) is 3.05. The van der Waals surface area contributed by atoms with E-state index in [4.69, 9.17) is 5.11 Å². The van der Waals surface area contributed by atoms with E-state index in [0.717, 1.165) is 25.9 Å². The molecule has 0 aromatic rings. The van der Waals surface area contributed by atoms with Crippen LogP contribution in [0.3, 0.4) is 0 Å². The zero-order chi connectivity index (χ0) is 5.82. The molecule has 47 valence electrons. The molecular formula is C6H12NO. The molecule has 0 saturated carbocycles. The third kappa shape index (κ3) is 1.46. The van der Waals surface area contributed by atoms with E-state index in [0.29, 0.717) is 6.61 Å². The highest BCUT2D eigenvalue weighted by molar-refractivity contribution is 4.93. The molecule has 1 radical (unpaired) electrons. The van der Waals surface area contributed by atoms with Crippen LogP contribution in [0.5, 0.6) is 0 Å². The Morgan fingerprint density at radius 2 is 2.00 bits per heavy atom. The van der Waals surface area contributed by atoms with Crippen LogP contribution in [0.4, 0.5) is 0 Å². The van der Waals surface area contributed by atoms with E-state index in [1.807, 2.05) is 0 Å². The Kier molecular flexibility index (Phi) is 2.30. The van der Waals surface area contributed by atoms with Crippen molar-refractivity contribution in [3.8, 4) is 0 Å². The zero-order valence-corrected chi connectivity index (χ0v) is 4.98. The van der Waals surface area contributed by atoms with Gasteiger partial charge in [-0.1, -0.05) is 0 Å². The van der Waals surface area contributed by atoms with E-state index in [9.17, 15) is 0 Å². The Morgan fingerprint density at radius 1 is 1.38 bits per heavy atom. The first-order valence-electron chi connectivity index (χ1n) is 3.08. The van der Waals surface area contributed by atoms with Gasteiger partial charge in [-0.15, -0.1) is 0 Å². The number of hydrogen-bond acceptors (Lipinski definition) is 2. The summed E-state index contributed by atoms with van der Waals surface area (Å²) in [6.45, 7) is 2.40. The molecule has 2 N–H and O–H groups in total. The first kappa shape index (κ1) is 6.05. The van der Waals surface area contributed by atoms with E-state index in [1.165, 1.54) is 5.92 Å². The van der Waals surface area contributed by atoms with Gasteiger partial charge in [-0.3, -0.25) is 0 Å². The van der Waals surface area contributed by atoms with E-state index in [1.54, 1.807) is 0 Å². The maximum atomic E-state index is 8.63. The summed E-state index contributed by atoms with van der Waals surface area (Å²) in [5, 5.41) is 11.8. The van der Waals surface area contributed by atoms with Crippen LogP contribution >= 0.6 is 0 Å². The number of hydrogen-bond donors (Lipinski definition) is 2. The van der Waals surface area contributed by atoms with Gasteiger partial charge in [0.05, 0.1) is 0 Å². The third-order valence-electron chi connectivity index (χ3n) is 1.53. The molecule has 0 unspecified atom stereocenters. The minimum atomic E-state index is 0.293. The minimum Gasteiger partial charge on any atom is -0.396 e. The lowest BCUT2D eigenvalue weighted by Gasteiger charge is -2.19. The highest BCUT2D eigenvalue weighted by Gasteiger charge is 2.10. The molecular weight excluding hydrogens is 102 g/mol. The molecule has 1 fully saturated rings. The van der Waals surface area contributed by atoms with Crippen LogP contribution in [0.15, 0.2) is 0 Å². The largest absolute Gasteiger partial charge is 0.396 e. The van der Waals surface area contributed by atoms with Gasteiger partial charge in [-0.2, -0.15) is 0 Å². The topological polar surface area (TPSA) is 32.3 Å². The highest BCUT2D eigenvalue weighted by atomic mass is 16.3. The fourth-order valence-corrected chi connectivity index (χ4v) is 0.938. The summed E-state index contributed by atoms with van der Waals surface area (Å²) >= 11 is 0. The predicted octanol–water partition coefficient (Wildman–Crippen LogP) is -0.0634. The van der Waals surface area contributed by atoms with Gasteiger partial charge in [0.15, 0.2) is 0 Å². The summed E-state index contributed by atoms with van der Waals surface area (Å²) in [4.78, 5) is 0. The van der Waals surface area contributed by atoms with Crippen molar-refractivity contribution >= 4 is 0 Å². The molecule has 1 heterocycles. The molecule has 1 aliphatic heterocycles. The summed E-state index contributed by atoms with van der Waals surface area (Å²) < 4.78 is 0. The lowest BCUT2D eigenvalue weighted by Crippen LogP contribution is -2.27. The Labute approximate surface area is 49.9 Å². The van der Waals surface area contributed by atoms with Crippen LogP contribution in [0.2, 0.25) is 0 Å². The normalized spacial score (nSPS) is 23.6. The van der Waals surface area contributed by atoms with Crippen molar-refractivity contribution in [3.63, 3.8) is 0 Å². The summed E-state index contributed by atoms with van der Waals surface area (Å²) in [7, 11) is 0. The average Bonchev–Trinajstić information content (AvgIpc) is 1.90. The molecule has 2 heteroatoms.